The SMILES string of the molecule is Cc1cc(C)n(CC2(CC(N)=NO)CC2)n1. The van der Waals surface area contributed by atoms with E-state index in [1.807, 2.05) is 11.6 Å². The van der Waals surface area contributed by atoms with E-state index in [1.54, 1.807) is 0 Å². The molecular weight excluding hydrogens is 204 g/mol. The Morgan fingerprint density at radius 1 is 1.62 bits per heavy atom. The van der Waals surface area contributed by atoms with Crippen molar-refractivity contribution in [3.8, 4) is 0 Å². The van der Waals surface area contributed by atoms with Gasteiger partial charge in [-0.15, -0.1) is 0 Å². The molecule has 1 aromatic rings. The Bertz CT molecular complexity index is 418. The second-order valence-corrected chi connectivity index (χ2v) is 4.85. The monoisotopic (exact) mass is 222 g/mol. The highest BCUT2D eigenvalue weighted by Gasteiger charge is 2.44. The highest BCUT2D eigenvalue weighted by atomic mass is 16.4. The minimum absolute atomic E-state index is 0.166. The number of rotatable bonds is 4. The molecule has 0 radical (unpaired) electrons. The van der Waals surface area contributed by atoms with Crippen molar-refractivity contribution in [2.24, 2.45) is 16.3 Å². The normalized spacial score (nSPS) is 18.8. The van der Waals surface area contributed by atoms with E-state index in [-0.39, 0.29) is 5.41 Å². The van der Waals surface area contributed by atoms with Gasteiger partial charge in [0.15, 0.2) is 0 Å². The van der Waals surface area contributed by atoms with Gasteiger partial charge in [0.1, 0.15) is 5.84 Å². The summed E-state index contributed by atoms with van der Waals surface area (Å²) in [6.45, 7) is 4.91. The second-order valence-electron chi connectivity index (χ2n) is 4.85. The predicted octanol–water partition coefficient (Wildman–Crippen LogP) is 1.42. The van der Waals surface area contributed by atoms with E-state index in [0.717, 1.165) is 25.1 Å². The van der Waals surface area contributed by atoms with Crippen LogP contribution in [0.15, 0.2) is 11.2 Å². The molecule has 88 valence electrons. The summed E-state index contributed by atoms with van der Waals surface area (Å²) in [5, 5.41) is 16.1. The maximum absolute atomic E-state index is 8.59. The van der Waals surface area contributed by atoms with E-state index in [2.05, 4.69) is 23.2 Å². The minimum Gasteiger partial charge on any atom is -0.409 e. The highest BCUT2D eigenvalue weighted by molar-refractivity contribution is 5.80. The lowest BCUT2D eigenvalue weighted by Crippen LogP contribution is -2.22. The van der Waals surface area contributed by atoms with Gasteiger partial charge in [0.05, 0.1) is 5.69 Å². The van der Waals surface area contributed by atoms with Gasteiger partial charge in [-0.25, -0.2) is 0 Å². The van der Waals surface area contributed by atoms with E-state index in [1.165, 1.54) is 5.69 Å². The third-order valence-corrected chi connectivity index (χ3v) is 3.23. The molecule has 0 saturated heterocycles. The maximum Gasteiger partial charge on any atom is 0.139 e. The first kappa shape index (κ1) is 11.0. The Hall–Kier alpha value is -1.52. The van der Waals surface area contributed by atoms with Crippen molar-refractivity contribution in [3.05, 3.63) is 17.5 Å². The van der Waals surface area contributed by atoms with Crippen LogP contribution in [0.3, 0.4) is 0 Å². The van der Waals surface area contributed by atoms with E-state index >= 15 is 0 Å². The zero-order valence-electron chi connectivity index (χ0n) is 9.77. The van der Waals surface area contributed by atoms with Gasteiger partial charge < -0.3 is 10.9 Å². The van der Waals surface area contributed by atoms with Crippen LogP contribution < -0.4 is 5.73 Å². The summed E-state index contributed by atoms with van der Waals surface area (Å²) >= 11 is 0. The van der Waals surface area contributed by atoms with Gasteiger partial charge in [0.2, 0.25) is 0 Å². The lowest BCUT2D eigenvalue weighted by molar-refractivity contribution is 0.312. The van der Waals surface area contributed by atoms with Crippen molar-refractivity contribution in [1.82, 2.24) is 9.78 Å². The highest BCUT2D eigenvalue weighted by Crippen LogP contribution is 2.50. The van der Waals surface area contributed by atoms with Crippen LogP contribution in [0.1, 0.15) is 30.7 Å². The maximum atomic E-state index is 8.59. The number of hydrogen-bond acceptors (Lipinski definition) is 3. The van der Waals surface area contributed by atoms with E-state index in [0.29, 0.717) is 12.3 Å². The van der Waals surface area contributed by atoms with Crippen molar-refractivity contribution < 1.29 is 5.21 Å². The molecule has 1 aromatic heterocycles. The number of aromatic nitrogens is 2. The molecule has 2 rings (SSSR count). The van der Waals surface area contributed by atoms with Crippen molar-refractivity contribution in [1.29, 1.82) is 0 Å². The Labute approximate surface area is 94.9 Å². The van der Waals surface area contributed by atoms with Crippen LogP contribution in [0.4, 0.5) is 0 Å². The van der Waals surface area contributed by atoms with Crippen molar-refractivity contribution in [3.63, 3.8) is 0 Å². The van der Waals surface area contributed by atoms with Gasteiger partial charge in [-0.2, -0.15) is 5.10 Å². The summed E-state index contributed by atoms with van der Waals surface area (Å²) in [6, 6.07) is 2.07. The third kappa shape index (κ3) is 2.18. The molecule has 0 aromatic carbocycles. The summed E-state index contributed by atoms with van der Waals surface area (Å²) in [5.41, 5.74) is 7.94. The topological polar surface area (TPSA) is 76.4 Å². The number of nitrogens with two attached hydrogens (primary N) is 1. The first-order valence-corrected chi connectivity index (χ1v) is 5.52. The van der Waals surface area contributed by atoms with Crippen LogP contribution in [0, 0.1) is 19.3 Å². The summed E-state index contributed by atoms with van der Waals surface area (Å²) in [6.07, 6.45) is 2.91. The molecule has 0 unspecified atom stereocenters. The van der Waals surface area contributed by atoms with Gasteiger partial charge in [-0.3, -0.25) is 4.68 Å². The molecule has 1 heterocycles. The fourth-order valence-corrected chi connectivity index (χ4v) is 2.14. The average molecular weight is 222 g/mol. The number of amidine groups is 1. The van der Waals surface area contributed by atoms with Crippen molar-refractivity contribution >= 4 is 5.84 Å². The molecular formula is C11H18N4O. The fraction of sp³-hybridized carbons (Fsp3) is 0.636. The molecule has 5 nitrogen and oxygen atoms in total. The quantitative estimate of drug-likeness (QED) is 0.350. The summed E-state index contributed by atoms with van der Waals surface area (Å²) in [5.74, 6) is 0.319. The molecule has 0 bridgehead atoms. The third-order valence-electron chi connectivity index (χ3n) is 3.23. The summed E-state index contributed by atoms with van der Waals surface area (Å²) in [7, 11) is 0. The van der Waals surface area contributed by atoms with Crippen LogP contribution in [-0.4, -0.2) is 20.8 Å². The Morgan fingerprint density at radius 3 is 2.75 bits per heavy atom. The van der Waals surface area contributed by atoms with Gasteiger partial charge >= 0.3 is 0 Å². The lowest BCUT2D eigenvalue weighted by Gasteiger charge is -2.15. The first-order valence-electron chi connectivity index (χ1n) is 5.52. The number of nitrogens with zero attached hydrogens (tertiary/aromatic N) is 3. The van der Waals surface area contributed by atoms with Crippen LogP contribution in [-0.2, 0) is 6.54 Å². The standard InChI is InChI=1S/C11H18N4O/c1-8-5-9(2)15(13-8)7-11(3-4-11)6-10(12)14-16/h5,16H,3-4,6-7H2,1-2H3,(H2,12,14). The van der Waals surface area contributed by atoms with Crippen molar-refractivity contribution in [2.45, 2.75) is 39.7 Å². The largest absolute Gasteiger partial charge is 0.409 e. The second kappa shape index (κ2) is 3.81. The van der Waals surface area contributed by atoms with Crippen LogP contribution in [0.2, 0.25) is 0 Å². The molecule has 1 aliphatic rings. The zero-order valence-corrected chi connectivity index (χ0v) is 9.77. The first-order chi connectivity index (χ1) is 7.54. The summed E-state index contributed by atoms with van der Waals surface area (Å²) in [4.78, 5) is 0. The number of oxime groups is 1. The van der Waals surface area contributed by atoms with Crippen LogP contribution >= 0.6 is 0 Å². The lowest BCUT2D eigenvalue weighted by atomic mass is 10.0. The Kier molecular flexibility index (Phi) is 2.61. The molecule has 1 aliphatic carbocycles. The van der Waals surface area contributed by atoms with E-state index in [4.69, 9.17) is 10.9 Å². The molecule has 0 spiro atoms. The van der Waals surface area contributed by atoms with E-state index < -0.39 is 0 Å². The molecule has 3 N–H and O–H groups in total. The van der Waals surface area contributed by atoms with Crippen LogP contribution in [0.25, 0.3) is 0 Å². The molecule has 16 heavy (non-hydrogen) atoms. The van der Waals surface area contributed by atoms with Gasteiger partial charge in [0, 0.05) is 18.7 Å². The molecule has 0 amide bonds. The number of aryl methyl sites for hydroxylation is 2. The van der Waals surface area contributed by atoms with Gasteiger partial charge in [0.25, 0.3) is 0 Å². The fourth-order valence-electron chi connectivity index (χ4n) is 2.14. The molecule has 1 fully saturated rings. The summed E-state index contributed by atoms with van der Waals surface area (Å²) < 4.78 is 2.02. The Balaban J connectivity index is 2.07. The average Bonchev–Trinajstić information content (AvgIpc) is 2.89. The zero-order chi connectivity index (χ0) is 11.8. The molecule has 1 saturated carbocycles. The van der Waals surface area contributed by atoms with Crippen LogP contribution in [0.5, 0.6) is 0 Å². The molecule has 5 heteroatoms. The van der Waals surface area contributed by atoms with Crippen molar-refractivity contribution in [2.75, 3.05) is 0 Å². The van der Waals surface area contributed by atoms with Gasteiger partial charge in [-0.1, -0.05) is 5.16 Å². The van der Waals surface area contributed by atoms with E-state index in [9.17, 15) is 0 Å². The molecule has 0 atom stereocenters. The minimum atomic E-state index is 0.166. The Morgan fingerprint density at radius 2 is 2.31 bits per heavy atom. The number of hydrogen-bond donors (Lipinski definition) is 2. The smallest absolute Gasteiger partial charge is 0.139 e. The predicted molar refractivity (Wildman–Crippen MR) is 61.4 cm³/mol. The molecule has 0 aliphatic heterocycles. The van der Waals surface area contributed by atoms with Gasteiger partial charge in [-0.05, 0) is 38.2 Å².